The first-order valence-electron chi connectivity index (χ1n) is 11.1. The van der Waals surface area contributed by atoms with Crippen LogP contribution in [0.1, 0.15) is 30.3 Å². The summed E-state index contributed by atoms with van der Waals surface area (Å²) in [6.07, 6.45) is 3.91. The Morgan fingerprint density at radius 2 is 1.91 bits per heavy atom. The molecule has 0 aliphatic carbocycles. The van der Waals surface area contributed by atoms with Crippen LogP contribution < -0.4 is 14.4 Å². The lowest BCUT2D eigenvalue weighted by Crippen LogP contribution is -2.36. The number of rotatable bonds is 5. The number of fused-ring (bicyclic) bond motifs is 1. The number of aromatic nitrogens is 3. The van der Waals surface area contributed by atoms with Crippen LogP contribution in [-0.2, 0) is 11.3 Å². The van der Waals surface area contributed by atoms with Gasteiger partial charge in [0.05, 0.1) is 19.3 Å². The van der Waals surface area contributed by atoms with Gasteiger partial charge in [-0.15, -0.1) is 0 Å². The van der Waals surface area contributed by atoms with E-state index < -0.39 is 0 Å². The van der Waals surface area contributed by atoms with E-state index in [1.807, 2.05) is 18.2 Å². The molecule has 9 nitrogen and oxygen atoms in total. The van der Waals surface area contributed by atoms with E-state index in [2.05, 4.69) is 32.1 Å². The molecule has 1 atom stereocenters. The van der Waals surface area contributed by atoms with Crippen molar-refractivity contribution in [2.24, 2.45) is 0 Å². The predicted molar refractivity (Wildman–Crippen MR) is 116 cm³/mol. The highest BCUT2D eigenvalue weighted by Crippen LogP contribution is 2.36. The van der Waals surface area contributed by atoms with Crippen molar-refractivity contribution in [1.29, 1.82) is 0 Å². The Morgan fingerprint density at radius 3 is 2.84 bits per heavy atom. The third-order valence-corrected chi connectivity index (χ3v) is 6.25. The third kappa shape index (κ3) is 3.78. The zero-order valence-electron chi connectivity index (χ0n) is 17.8. The highest BCUT2D eigenvalue weighted by atomic mass is 16.7. The number of ether oxygens (including phenoxy) is 3. The number of anilines is 1. The van der Waals surface area contributed by atoms with Gasteiger partial charge in [0, 0.05) is 31.4 Å². The van der Waals surface area contributed by atoms with E-state index >= 15 is 0 Å². The van der Waals surface area contributed by atoms with Crippen molar-refractivity contribution in [3.8, 4) is 22.9 Å². The maximum atomic E-state index is 5.73. The van der Waals surface area contributed by atoms with Crippen LogP contribution in [0.15, 0.2) is 41.1 Å². The fourth-order valence-electron chi connectivity index (χ4n) is 4.58. The van der Waals surface area contributed by atoms with Crippen LogP contribution in [0.25, 0.3) is 11.4 Å². The molecular formula is C23H25N5O4. The first-order valence-corrected chi connectivity index (χ1v) is 11.1. The number of hydrogen-bond acceptors (Lipinski definition) is 9. The Balaban J connectivity index is 1.19. The van der Waals surface area contributed by atoms with E-state index in [9.17, 15) is 0 Å². The molecule has 9 heteroatoms. The predicted octanol–water partition coefficient (Wildman–Crippen LogP) is 3.03. The Hall–Kier alpha value is -3.17. The van der Waals surface area contributed by atoms with Crippen LogP contribution in [0.3, 0.4) is 0 Å². The van der Waals surface area contributed by atoms with E-state index in [-0.39, 0.29) is 12.8 Å². The molecule has 0 radical (unpaired) electrons. The van der Waals surface area contributed by atoms with Crippen LogP contribution in [0.2, 0.25) is 0 Å². The Morgan fingerprint density at radius 1 is 1.00 bits per heavy atom. The molecular weight excluding hydrogens is 410 g/mol. The first kappa shape index (κ1) is 19.5. The highest BCUT2D eigenvalue weighted by Gasteiger charge is 2.31. The zero-order chi connectivity index (χ0) is 21.3. The Labute approximate surface area is 185 Å². The molecule has 0 saturated carbocycles. The normalized spacial score (nSPS) is 20.8. The van der Waals surface area contributed by atoms with Crippen LogP contribution in [0, 0.1) is 0 Å². The molecule has 1 aromatic carbocycles. The van der Waals surface area contributed by atoms with E-state index in [1.54, 1.807) is 6.20 Å². The average molecular weight is 435 g/mol. The summed E-state index contributed by atoms with van der Waals surface area (Å²) >= 11 is 0. The topological polar surface area (TPSA) is 86.0 Å². The van der Waals surface area contributed by atoms with Crippen molar-refractivity contribution in [3.05, 3.63) is 48.0 Å². The molecule has 1 unspecified atom stereocenters. The van der Waals surface area contributed by atoms with Crippen LogP contribution in [0.4, 0.5) is 5.82 Å². The molecule has 5 heterocycles. The Kier molecular flexibility index (Phi) is 5.12. The van der Waals surface area contributed by atoms with Gasteiger partial charge < -0.3 is 23.6 Å². The van der Waals surface area contributed by atoms with Gasteiger partial charge in [-0.05, 0) is 49.2 Å². The maximum Gasteiger partial charge on any atom is 0.244 e. The highest BCUT2D eigenvalue weighted by molar-refractivity contribution is 5.59. The van der Waals surface area contributed by atoms with Gasteiger partial charge in [-0.1, -0.05) is 11.2 Å². The van der Waals surface area contributed by atoms with E-state index in [0.29, 0.717) is 11.7 Å². The molecule has 0 amide bonds. The summed E-state index contributed by atoms with van der Waals surface area (Å²) < 4.78 is 22.1. The summed E-state index contributed by atoms with van der Waals surface area (Å²) in [6.45, 7) is 5.20. The molecule has 2 aromatic heterocycles. The molecule has 0 N–H and O–H groups in total. The number of likely N-dealkylation sites (tertiary alicyclic amines) is 1. The van der Waals surface area contributed by atoms with Gasteiger partial charge in [0.15, 0.2) is 11.5 Å². The van der Waals surface area contributed by atoms with Crippen molar-refractivity contribution in [2.75, 3.05) is 44.5 Å². The van der Waals surface area contributed by atoms with Gasteiger partial charge >= 0.3 is 0 Å². The summed E-state index contributed by atoms with van der Waals surface area (Å²) in [4.78, 5) is 13.9. The monoisotopic (exact) mass is 435 g/mol. The lowest BCUT2D eigenvalue weighted by molar-refractivity contribution is 0.122. The quantitative estimate of drug-likeness (QED) is 0.600. The lowest BCUT2D eigenvalue weighted by Gasteiger charge is -2.27. The number of benzene rings is 1. The molecule has 3 aliphatic rings. The minimum atomic E-state index is 0.113. The second-order valence-corrected chi connectivity index (χ2v) is 8.27. The second-order valence-electron chi connectivity index (χ2n) is 8.27. The van der Waals surface area contributed by atoms with Gasteiger partial charge in [-0.3, -0.25) is 4.90 Å². The molecule has 32 heavy (non-hydrogen) atoms. The molecule has 3 aliphatic heterocycles. The number of hydrogen-bond donors (Lipinski definition) is 0. The van der Waals surface area contributed by atoms with Gasteiger partial charge in [0.2, 0.25) is 18.5 Å². The summed E-state index contributed by atoms with van der Waals surface area (Å²) in [5.41, 5.74) is 2.10. The molecule has 6 rings (SSSR count). The smallest absolute Gasteiger partial charge is 0.244 e. The molecule has 0 bridgehead atoms. The summed E-state index contributed by atoms with van der Waals surface area (Å²) in [6, 6.07) is 10.2. The summed E-state index contributed by atoms with van der Waals surface area (Å²) in [5.74, 6) is 3.81. The van der Waals surface area contributed by atoms with Crippen LogP contribution >= 0.6 is 0 Å². The van der Waals surface area contributed by atoms with Gasteiger partial charge in [0.25, 0.3) is 0 Å². The zero-order valence-corrected chi connectivity index (χ0v) is 17.8. The minimum Gasteiger partial charge on any atom is -0.454 e. The largest absolute Gasteiger partial charge is 0.454 e. The molecule has 166 valence electrons. The summed E-state index contributed by atoms with van der Waals surface area (Å²) in [7, 11) is 0. The van der Waals surface area contributed by atoms with E-state index in [4.69, 9.17) is 23.7 Å². The van der Waals surface area contributed by atoms with Gasteiger partial charge in [0.1, 0.15) is 5.82 Å². The first-order chi connectivity index (χ1) is 15.8. The van der Waals surface area contributed by atoms with Crippen molar-refractivity contribution in [1.82, 2.24) is 20.0 Å². The number of pyridine rings is 1. The Bertz CT molecular complexity index is 1100. The summed E-state index contributed by atoms with van der Waals surface area (Å²) in [5, 5.41) is 4.29. The lowest BCUT2D eigenvalue weighted by atomic mass is 10.1. The molecule has 3 aromatic rings. The van der Waals surface area contributed by atoms with E-state index in [0.717, 1.165) is 75.1 Å². The second kappa shape index (κ2) is 8.40. The maximum absolute atomic E-state index is 5.73. The van der Waals surface area contributed by atoms with E-state index in [1.165, 1.54) is 5.56 Å². The van der Waals surface area contributed by atoms with Crippen LogP contribution in [-0.4, -0.2) is 59.7 Å². The number of nitrogens with zero attached hydrogens (tertiary/aromatic N) is 5. The van der Waals surface area contributed by atoms with Crippen LogP contribution in [0.5, 0.6) is 11.5 Å². The average Bonchev–Trinajstić information content (AvgIpc) is 3.60. The molecule has 2 saturated heterocycles. The third-order valence-electron chi connectivity index (χ3n) is 6.25. The van der Waals surface area contributed by atoms with Crippen molar-refractivity contribution in [3.63, 3.8) is 0 Å². The number of morpholine rings is 1. The van der Waals surface area contributed by atoms with Crippen molar-refractivity contribution >= 4 is 5.82 Å². The standard InChI is InChI=1S/C23H25N5O4/c1-2-18(28(7-1)14-16-3-4-19-20(12-16)31-15-30-19)23-25-22(26-32-23)17-5-6-24-21(13-17)27-8-10-29-11-9-27/h3-6,12-13,18H,1-2,7-11,14-15H2. The molecule has 0 spiro atoms. The fraction of sp³-hybridized carbons (Fsp3) is 0.435. The fourth-order valence-corrected chi connectivity index (χ4v) is 4.58. The SMILES string of the molecule is c1cc(-c2noc(C3CCCN3Cc3ccc4c(c3)OCO4)n2)cc(N2CCOCC2)n1. The van der Waals surface area contributed by atoms with Crippen molar-refractivity contribution in [2.45, 2.75) is 25.4 Å². The van der Waals surface area contributed by atoms with Crippen molar-refractivity contribution < 1.29 is 18.7 Å². The molecule has 2 fully saturated rings. The minimum absolute atomic E-state index is 0.113. The van der Waals surface area contributed by atoms with Gasteiger partial charge in [-0.2, -0.15) is 4.98 Å². The van der Waals surface area contributed by atoms with Gasteiger partial charge in [-0.25, -0.2) is 4.98 Å².